The van der Waals surface area contributed by atoms with Crippen LogP contribution in [-0.4, -0.2) is 29.3 Å². The van der Waals surface area contributed by atoms with Crippen molar-refractivity contribution in [1.82, 2.24) is 5.32 Å². The zero-order valence-corrected chi connectivity index (χ0v) is 10.7. The first-order valence-electron chi connectivity index (χ1n) is 5.70. The molecule has 0 spiro atoms. The highest BCUT2D eigenvalue weighted by molar-refractivity contribution is 6.29. The average molecular weight is 286 g/mol. The van der Waals surface area contributed by atoms with Crippen LogP contribution in [0.4, 0.5) is 13.2 Å². The molecule has 0 aromatic carbocycles. The number of rotatable bonds is 3. The van der Waals surface area contributed by atoms with E-state index in [2.05, 4.69) is 0 Å². The van der Waals surface area contributed by atoms with Gasteiger partial charge in [-0.15, -0.1) is 11.6 Å². The number of amides is 1. The van der Waals surface area contributed by atoms with E-state index >= 15 is 0 Å². The standard InChI is InChI=1S/C11H15ClF3NO2/c1-7-3-2-4-10(5-7,8(17)6-12)16-9(18)11(13,14)15/h7H,2-6H2,1H3,(H,16,18). The molecule has 0 radical (unpaired) electrons. The fraction of sp³-hybridized carbons (Fsp3) is 0.818. The van der Waals surface area contributed by atoms with Crippen LogP contribution in [0.5, 0.6) is 0 Å². The number of Topliss-reactive ketones (excluding diaryl/α,β-unsaturated/α-hetero) is 1. The number of hydrogen-bond donors (Lipinski definition) is 1. The van der Waals surface area contributed by atoms with E-state index in [1.165, 1.54) is 0 Å². The molecule has 7 heteroatoms. The topological polar surface area (TPSA) is 46.2 Å². The summed E-state index contributed by atoms with van der Waals surface area (Å²) in [6, 6.07) is 0. The largest absolute Gasteiger partial charge is 0.471 e. The predicted molar refractivity (Wildman–Crippen MR) is 60.3 cm³/mol. The summed E-state index contributed by atoms with van der Waals surface area (Å²) in [5.74, 6) is -2.94. The number of carbonyl (C=O) groups excluding carboxylic acids is 2. The minimum atomic E-state index is -4.99. The van der Waals surface area contributed by atoms with Gasteiger partial charge in [0.2, 0.25) is 0 Å². The van der Waals surface area contributed by atoms with Gasteiger partial charge in [-0.05, 0) is 18.8 Å². The second kappa shape index (κ2) is 5.47. The summed E-state index contributed by atoms with van der Waals surface area (Å²) in [4.78, 5) is 22.8. The minimum absolute atomic E-state index is 0.0828. The number of ketones is 1. The van der Waals surface area contributed by atoms with E-state index in [1.54, 1.807) is 0 Å². The van der Waals surface area contributed by atoms with Gasteiger partial charge in [-0.3, -0.25) is 9.59 Å². The number of carbonyl (C=O) groups is 2. The maximum Gasteiger partial charge on any atom is 0.471 e. The molecule has 1 aliphatic carbocycles. The molecule has 104 valence electrons. The van der Waals surface area contributed by atoms with Gasteiger partial charge < -0.3 is 5.32 Å². The lowest BCUT2D eigenvalue weighted by Crippen LogP contribution is -2.59. The first kappa shape index (κ1) is 15.3. The highest BCUT2D eigenvalue weighted by Gasteiger charge is 2.48. The van der Waals surface area contributed by atoms with E-state index in [-0.39, 0.29) is 18.8 Å². The molecule has 0 bridgehead atoms. The summed E-state index contributed by atoms with van der Waals surface area (Å²) in [5, 5.41) is 1.86. The Morgan fingerprint density at radius 1 is 1.44 bits per heavy atom. The van der Waals surface area contributed by atoms with Gasteiger partial charge in [-0.1, -0.05) is 19.8 Å². The Labute approximate surface area is 108 Å². The first-order chi connectivity index (χ1) is 8.21. The van der Waals surface area contributed by atoms with E-state index in [4.69, 9.17) is 11.6 Å². The van der Waals surface area contributed by atoms with Crippen LogP contribution in [0.1, 0.15) is 32.6 Å². The summed E-state index contributed by atoms with van der Waals surface area (Å²) in [6.07, 6.45) is -3.13. The summed E-state index contributed by atoms with van der Waals surface area (Å²) >= 11 is 5.44. The monoisotopic (exact) mass is 285 g/mol. The number of nitrogens with one attached hydrogen (secondary N) is 1. The van der Waals surface area contributed by atoms with Crippen molar-refractivity contribution < 1.29 is 22.8 Å². The normalized spacial score (nSPS) is 28.8. The van der Waals surface area contributed by atoms with E-state index < -0.39 is 29.3 Å². The highest BCUT2D eigenvalue weighted by atomic mass is 35.5. The van der Waals surface area contributed by atoms with Crippen LogP contribution in [0.15, 0.2) is 0 Å². The van der Waals surface area contributed by atoms with Gasteiger partial charge in [-0.25, -0.2) is 0 Å². The lowest BCUT2D eigenvalue weighted by molar-refractivity contribution is -0.176. The van der Waals surface area contributed by atoms with Gasteiger partial charge in [0.25, 0.3) is 0 Å². The van der Waals surface area contributed by atoms with Crippen molar-refractivity contribution in [2.45, 2.75) is 44.3 Å². The molecule has 1 aliphatic rings. The summed E-state index contributed by atoms with van der Waals surface area (Å²) < 4.78 is 36.8. The predicted octanol–water partition coefficient (Wildman–Crippen LogP) is 2.42. The molecule has 0 aliphatic heterocycles. The maximum absolute atomic E-state index is 12.3. The summed E-state index contributed by atoms with van der Waals surface area (Å²) in [5.41, 5.74) is -1.45. The summed E-state index contributed by atoms with van der Waals surface area (Å²) in [6.45, 7) is 1.84. The van der Waals surface area contributed by atoms with Crippen LogP contribution in [0.3, 0.4) is 0 Å². The lowest BCUT2D eigenvalue weighted by atomic mass is 9.74. The van der Waals surface area contributed by atoms with Crippen molar-refractivity contribution in [3.63, 3.8) is 0 Å². The molecule has 18 heavy (non-hydrogen) atoms. The van der Waals surface area contributed by atoms with Crippen molar-refractivity contribution in [3.8, 4) is 0 Å². The van der Waals surface area contributed by atoms with E-state index in [9.17, 15) is 22.8 Å². The zero-order valence-electron chi connectivity index (χ0n) is 9.94. The molecule has 1 rings (SSSR count). The third-order valence-corrected chi connectivity index (χ3v) is 3.51. The quantitative estimate of drug-likeness (QED) is 0.810. The average Bonchev–Trinajstić information content (AvgIpc) is 2.26. The van der Waals surface area contributed by atoms with Crippen LogP contribution in [0.25, 0.3) is 0 Å². The molecule has 0 saturated heterocycles. The van der Waals surface area contributed by atoms with Gasteiger partial charge >= 0.3 is 12.1 Å². The Morgan fingerprint density at radius 3 is 2.50 bits per heavy atom. The Kier molecular flexibility index (Phi) is 4.64. The van der Waals surface area contributed by atoms with E-state index in [0.29, 0.717) is 6.42 Å². The molecule has 1 N–H and O–H groups in total. The smallest absolute Gasteiger partial charge is 0.336 e. The molecule has 0 aromatic heterocycles. The minimum Gasteiger partial charge on any atom is -0.336 e. The maximum atomic E-state index is 12.3. The van der Waals surface area contributed by atoms with Gasteiger partial charge in [-0.2, -0.15) is 13.2 Å². The van der Waals surface area contributed by atoms with Gasteiger partial charge in [0, 0.05) is 0 Å². The fourth-order valence-electron chi connectivity index (χ4n) is 2.40. The number of hydrogen-bond acceptors (Lipinski definition) is 2. The zero-order chi connectivity index (χ0) is 14.0. The molecule has 0 aromatic rings. The molecule has 1 fully saturated rings. The van der Waals surface area contributed by atoms with Crippen LogP contribution in [0.2, 0.25) is 0 Å². The molecule has 1 saturated carbocycles. The Bertz CT molecular complexity index is 344. The van der Waals surface area contributed by atoms with Crippen LogP contribution >= 0.6 is 11.6 Å². The van der Waals surface area contributed by atoms with Crippen molar-refractivity contribution in [3.05, 3.63) is 0 Å². The SMILES string of the molecule is CC1CCCC(NC(=O)C(F)(F)F)(C(=O)CCl)C1. The van der Waals surface area contributed by atoms with Crippen molar-refractivity contribution in [2.75, 3.05) is 5.88 Å². The Morgan fingerprint density at radius 2 is 2.06 bits per heavy atom. The highest BCUT2D eigenvalue weighted by Crippen LogP contribution is 2.34. The van der Waals surface area contributed by atoms with Crippen molar-refractivity contribution in [1.29, 1.82) is 0 Å². The van der Waals surface area contributed by atoms with Crippen molar-refractivity contribution in [2.24, 2.45) is 5.92 Å². The van der Waals surface area contributed by atoms with Crippen molar-refractivity contribution >= 4 is 23.3 Å². The van der Waals surface area contributed by atoms with Gasteiger partial charge in [0.1, 0.15) is 5.54 Å². The Balaban J connectivity index is 2.92. The van der Waals surface area contributed by atoms with E-state index in [1.807, 2.05) is 12.2 Å². The molecular formula is C11H15ClF3NO2. The molecule has 3 nitrogen and oxygen atoms in total. The first-order valence-corrected chi connectivity index (χ1v) is 6.23. The molecular weight excluding hydrogens is 271 g/mol. The third kappa shape index (κ3) is 3.37. The number of alkyl halides is 4. The Hall–Kier alpha value is -0.780. The van der Waals surface area contributed by atoms with Crippen LogP contribution < -0.4 is 5.32 Å². The van der Waals surface area contributed by atoms with Crippen LogP contribution in [0, 0.1) is 5.92 Å². The fourth-order valence-corrected chi connectivity index (χ4v) is 2.66. The lowest BCUT2D eigenvalue weighted by Gasteiger charge is -2.39. The molecule has 1 amide bonds. The molecule has 0 heterocycles. The van der Waals surface area contributed by atoms with Crippen LogP contribution in [-0.2, 0) is 9.59 Å². The third-order valence-electron chi connectivity index (χ3n) is 3.26. The molecule has 2 unspecified atom stereocenters. The van der Waals surface area contributed by atoms with Gasteiger partial charge in [0.05, 0.1) is 5.88 Å². The number of halogens is 4. The van der Waals surface area contributed by atoms with E-state index in [0.717, 1.165) is 6.42 Å². The van der Waals surface area contributed by atoms with Gasteiger partial charge in [0.15, 0.2) is 5.78 Å². The molecule has 2 atom stereocenters. The second-order valence-corrected chi connectivity index (χ2v) is 5.06. The second-order valence-electron chi connectivity index (χ2n) is 4.79. The summed E-state index contributed by atoms with van der Waals surface area (Å²) in [7, 11) is 0.